The second-order valence-electron chi connectivity index (χ2n) is 8.65. The van der Waals surface area contributed by atoms with Crippen molar-refractivity contribution in [3.8, 4) is 0 Å². The fourth-order valence-electron chi connectivity index (χ4n) is 5.70. The number of nitrogens with two attached hydrogens (primary N) is 3. The van der Waals surface area contributed by atoms with Gasteiger partial charge in [-0.25, -0.2) is 0 Å². The minimum atomic E-state index is -0.429. The fraction of sp³-hybridized carbons (Fsp3) is 0.360. The maximum Gasteiger partial charge on any atom is 0.122 e. The zero-order valence-electron chi connectivity index (χ0n) is 18.7. The van der Waals surface area contributed by atoms with Crippen molar-refractivity contribution in [2.24, 2.45) is 23.3 Å². The monoisotopic (exact) mass is 418 g/mol. The van der Waals surface area contributed by atoms with Crippen LogP contribution in [0.3, 0.4) is 0 Å². The molecule has 0 saturated heterocycles. The quantitative estimate of drug-likeness (QED) is 0.157. The number of rotatable bonds is 6. The number of nitrogens with one attached hydrogen (secondary N) is 2. The van der Waals surface area contributed by atoms with Crippen molar-refractivity contribution in [2.75, 3.05) is 17.7 Å². The molecular formula is C25H34N6. The molecule has 0 aromatic heterocycles. The molecule has 0 radical (unpaired) electrons. The SMILES string of the molecule is C=C(/C=C(\C=C/N)C1(C)C2C(/C=C\C)CCC2c2c(ccc(N)c2C=N)N1C)C(=N)N. The van der Waals surface area contributed by atoms with Gasteiger partial charge in [-0.3, -0.25) is 5.41 Å². The summed E-state index contributed by atoms with van der Waals surface area (Å²) in [5, 5.41) is 15.9. The van der Waals surface area contributed by atoms with Crippen LogP contribution >= 0.6 is 0 Å². The summed E-state index contributed by atoms with van der Waals surface area (Å²) in [4.78, 5) is 2.27. The molecular weight excluding hydrogens is 384 g/mol. The van der Waals surface area contributed by atoms with Crippen molar-refractivity contribution in [3.05, 3.63) is 71.5 Å². The number of fused-ring (bicyclic) bond motifs is 3. The second kappa shape index (κ2) is 8.46. The molecule has 6 heteroatoms. The summed E-state index contributed by atoms with van der Waals surface area (Å²) in [6.45, 7) is 8.26. The first-order valence-corrected chi connectivity index (χ1v) is 10.7. The largest absolute Gasteiger partial charge is 0.405 e. The Kier molecular flexibility index (Phi) is 6.11. The number of nitrogen functional groups attached to an aromatic ring is 1. The number of benzene rings is 1. The zero-order chi connectivity index (χ0) is 22.9. The third-order valence-electron chi connectivity index (χ3n) is 7.20. The zero-order valence-corrected chi connectivity index (χ0v) is 18.7. The lowest BCUT2D eigenvalue weighted by molar-refractivity contribution is 0.256. The van der Waals surface area contributed by atoms with Crippen LogP contribution < -0.4 is 22.1 Å². The van der Waals surface area contributed by atoms with Gasteiger partial charge in [-0.15, -0.1) is 0 Å². The first-order chi connectivity index (χ1) is 14.7. The van der Waals surface area contributed by atoms with Crippen molar-refractivity contribution >= 4 is 23.4 Å². The fourth-order valence-corrected chi connectivity index (χ4v) is 5.70. The smallest absolute Gasteiger partial charge is 0.122 e. The van der Waals surface area contributed by atoms with Gasteiger partial charge in [-0.2, -0.15) is 0 Å². The molecule has 4 unspecified atom stereocenters. The van der Waals surface area contributed by atoms with Gasteiger partial charge in [0.05, 0.1) is 5.54 Å². The van der Waals surface area contributed by atoms with Crippen LogP contribution in [0.4, 0.5) is 11.4 Å². The van der Waals surface area contributed by atoms with Crippen LogP contribution in [0.1, 0.15) is 43.7 Å². The van der Waals surface area contributed by atoms with Crippen molar-refractivity contribution in [3.63, 3.8) is 0 Å². The van der Waals surface area contributed by atoms with E-state index in [0.717, 1.165) is 35.2 Å². The second-order valence-corrected chi connectivity index (χ2v) is 8.65. The van der Waals surface area contributed by atoms with E-state index < -0.39 is 5.54 Å². The van der Waals surface area contributed by atoms with Gasteiger partial charge in [0, 0.05) is 35.8 Å². The third kappa shape index (κ3) is 3.46. The van der Waals surface area contributed by atoms with Crippen LogP contribution in [0.5, 0.6) is 0 Å². The lowest BCUT2D eigenvalue weighted by atomic mass is 9.63. The molecule has 3 rings (SSSR count). The van der Waals surface area contributed by atoms with Crippen molar-refractivity contribution in [2.45, 2.75) is 38.1 Å². The van der Waals surface area contributed by atoms with Crippen LogP contribution in [0.15, 0.2) is 60.4 Å². The van der Waals surface area contributed by atoms with E-state index >= 15 is 0 Å². The number of hydrogen-bond acceptors (Lipinski definition) is 5. The molecule has 1 aliphatic heterocycles. The van der Waals surface area contributed by atoms with E-state index in [1.54, 1.807) is 0 Å². The van der Waals surface area contributed by atoms with E-state index in [2.05, 4.69) is 50.6 Å². The number of allylic oxidation sites excluding steroid dienone is 2. The molecule has 1 fully saturated rings. The lowest BCUT2D eigenvalue weighted by Gasteiger charge is -2.54. The van der Waals surface area contributed by atoms with E-state index in [1.165, 1.54) is 12.4 Å². The Labute approximate surface area is 185 Å². The lowest BCUT2D eigenvalue weighted by Crippen LogP contribution is -2.57. The van der Waals surface area contributed by atoms with E-state index in [-0.39, 0.29) is 17.7 Å². The highest BCUT2D eigenvalue weighted by Gasteiger charge is 2.55. The Morgan fingerprint density at radius 1 is 1.32 bits per heavy atom. The van der Waals surface area contributed by atoms with Gasteiger partial charge in [0.15, 0.2) is 0 Å². The molecule has 31 heavy (non-hydrogen) atoms. The number of likely N-dealkylation sites (N-methyl/N-ethyl adjacent to an activating group) is 1. The van der Waals surface area contributed by atoms with Gasteiger partial charge in [-0.1, -0.05) is 18.7 Å². The molecule has 1 aliphatic carbocycles. The standard InChI is InChI=1S/C25H34N6/c1-5-6-16-7-8-18-22-19(14-27)20(28)9-10-21(22)31(4)25(3,23(16)18)17(11-12-26)13-15(2)24(29)30/h5-6,9-14,16,18,23,27H,2,7-8,26,28H2,1,3-4H3,(H3,29,30)/b6-5-,12-11-,17-13+,27-14?. The van der Waals surface area contributed by atoms with Crippen molar-refractivity contribution < 1.29 is 0 Å². The highest BCUT2D eigenvalue weighted by atomic mass is 15.2. The van der Waals surface area contributed by atoms with Gasteiger partial charge in [0.1, 0.15) is 5.84 Å². The number of hydrogen-bond donors (Lipinski definition) is 5. The summed E-state index contributed by atoms with van der Waals surface area (Å²) in [6, 6.07) is 3.93. The molecule has 6 nitrogen and oxygen atoms in total. The van der Waals surface area contributed by atoms with E-state index in [4.69, 9.17) is 28.0 Å². The maximum absolute atomic E-state index is 8.04. The van der Waals surface area contributed by atoms with Gasteiger partial charge in [0.2, 0.25) is 0 Å². The summed E-state index contributed by atoms with van der Waals surface area (Å²) in [5.41, 5.74) is 22.5. The van der Waals surface area contributed by atoms with Gasteiger partial charge < -0.3 is 27.5 Å². The molecule has 1 saturated carbocycles. The van der Waals surface area contributed by atoms with Gasteiger partial charge >= 0.3 is 0 Å². The molecule has 1 aromatic rings. The van der Waals surface area contributed by atoms with E-state index in [9.17, 15) is 0 Å². The Morgan fingerprint density at radius 2 is 2.03 bits per heavy atom. The van der Waals surface area contributed by atoms with Crippen LogP contribution in [0, 0.1) is 22.7 Å². The minimum absolute atomic E-state index is 0.0581. The molecule has 8 N–H and O–H groups in total. The van der Waals surface area contributed by atoms with Crippen LogP contribution in [-0.4, -0.2) is 24.6 Å². The van der Waals surface area contributed by atoms with Crippen LogP contribution in [-0.2, 0) is 0 Å². The summed E-state index contributed by atoms with van der Waals surface area (Å²) in [7, 11) is 2.08. The Bertz CT molecular complexity index is 1000. The van der Waals surface area contributed by atoms with Crippen molar-refractivity contribution in [1.29, 1.82) is 10.8 Å². The predicted octanol–water partition coefficient (Wildman–Crippen LogP) is 4.05. The Morgan fingerprint density at radius 3 is 2.61 bits per heavy atom. The molecule has 4 atom stereocenters. The average molecular weight is 419 g/mol. The number of anilines is 2. The number of amidine groups is 1. The molecule has 0 amide bonds. The molecule has 1 aromatic carbocycles. The van der Waals surface area contributed by atoms with Crippen molar-refractivity contribution in [1.82, 2.24) is 0 Å². The number of nitrogens with zero attached hydrogens (tertiary/aromatic N) is 1. The topological polar surface area (TPSA) is 129 Å². The highest BCUT2D eigenvalue weighted by Crippen LogP contribution is 2.60. The molecule has 0 spiro atoms. The first-order valence-electron chi connectivity index (χ1n) is 10.7. The summed E-state index contributed by atoms with van der Waals surface area (Å²) in [5.74, 6) is 0.773. The third-order valence-corrected chi connectivity index (χ3v) is 7.20. The highest BCUT2D eigenvalue weighted by molar-refractivity contribution is 5.97. The molecule has 1 heterocycles. The van der Waals surface area contributed by atoms with Gasteiger partial charge in [-0.05, 0) is 86.1 Å². The first kappa shape index (κ1) is 22.4. The predicted molar refractivity (Wildman–Crippen MR) is 132 cm³/mol. The summed E-state index contributed by atoms with van der Waals surface area (Å²) >= 11 is 0. The summed E-state index contributed by atoms with van der Waals surface area (Å²) < 4.78 is 0. The Balaban J connectivity index is 2.34. The van der Waals surface area contributed by atoms with E-state index in [1.807, 2.05) is 18.2 Å². The Hall–Kier alpha value is -3.28. The van der Waals surface area contributed by atoms with Gasteiger partial charge in [0.25, 0.3) is 0 Å². The normalized spacial score (nSPS) is 28.0. The van der Waals surface area contributed by atoms with E-state index in [0.29, 0.717) is 17.2 Å². The molecule has 2 aliphatic rings. The van der Waals surface area contributed by atoms with Crippen LogP contribution in [0.25, 0.3) is 0 Å². The van der Waals surface area contributed by atoms with Crippen LogP contribution in [0.2, 0.25) is 0 Å². The maximum atomic E-state index is 8.04. The average Bonchev–Trinajstić information content (AvgIpc) is 3.15. The molecule has 0 bridgehead atoms. The summed E-state index contributed by atoms with van der Waals surface area (Å²) in [6.07, 6.45) is 13.2. The molecule has 164 valence electrons. The minimum Gasteiger partial charge on any atom is -0.405 e.